The minimum atomic E-state index is -1.14. The highest BCUT2D eigenvalue weighted by Crippen LogP contribution is 2.16. The third kappa shape index (κ3) is 5.25. The number of nitrogens with one attached hydrogen (secondary N) is 2. The normalized spacial score (nSPS) is 15.6. The molecule has 0 aliphatic carbocycles. The van der Waals surface area contributed by atoms with E-state index in [1.807, 2.05) is 19.1 Å². The highest BCUT2D eigenvalue weighted by molar-refractivity contribution is 5.87. The number of amides is 2. The zero-order chi connectivity index (χ0) is 14.5. The van der Waals surface area contributed by atoms with E-state index in [4.69, 9.17) is 10.8 Å². The van der Waals surface area contributed by atoms with Crippen LogP contribution >= 0.6 is 0 Å². The summed E-state index contributed by atoms with van der Waals surface area (Å²) in [6.45, 7) is 3.50. The van der Waals surface area contributed by atoms with E-state index < -0.39 is 11.6 Å². The van der Waals surface area contributed by atoms with Crippen LogP contribution in [0.15, 0.2) is 24.3 Å². The van der Waals surface area contributed by atoms with Crippen LogP contribution in [0.4, 0.5) is 10.5 Å². The van der Waals surface area contributed by atoms with Crippen molar-refractivity contribution in [2.24, 2.45) is 5.73 Å². The smallest absolute Gasteiger partial charge is 0.316 e. The summed E-state index contributed by atoms with van der Waals surface area (Å²) in [6, 6.07) is 6.64. The second-order valence-electron chi connectivity index (χ2n) is 4.87. The van der Waals surface area contributed by atoms with Crippen LogP contribution in [-0.2, 0) is 0 Å². The molecule has 0 bridgehead atoms. The predicted octanol–water partition coefficient (Wildman–Crippen LogP) is 0.571. The molecule has 0 saturated heterocycles. The third-order valence-electron chi connectivity index (χ3n) is 2.81. The van der Waals surface area contributed by atoms with Crippen molar-refractivity contribution in [3.8, 4) is 0 Å². The van der Waals surface area contributed by atoms with Crippen molar-refractivity contribution in [1.82, 2.24) is 5.32 Å². The Kier molecular flexibility index (Phi) is 5.29. The van der Waals surface area contributed by atoms with Crippen LogP contribution in [0.5, 0.6) is 0 Å². The summed E-state index contributed by atoms with van der Waals surface area (Å²) in [5, 5.41) is 24.3. The van der Waals surface area contributed by atoms with Gasteiger partial charge in [-0.05, 0) is 31.5 Å². The van der Waals surface area contributed by atoms with E-state index in [9.17, 15) is 9.90 Å². The first-order chi connectivity index (χ1) is 8.84. The standard InChI is InChI=1S/C13H21N3O3/c1-9(15-7-13(2,19)8-17)10-3-5-11(6-4-10)16-12(14)18/h3-6,9,15,17,19H,7-8H2,1-2H3,(H3,14,16,18). The summed E-state index contributed by atoms with van der Waals surface area (Å²) >= 11 is 0. The van der Waals surface area contributed by atoms with Gasteiger partial charge >= 0.3 is 6.03 Å². The molecule has 6 nitrogen and oxygen atoms in total. The lowest BCUT2D eigenvalue weighted by molar-refractivity contribution is 0.00106. The Morgan fingerprint density at radius 3 is 2.47 bits per heavy atom. The monoisotopic (exact) mass is 267 g/mol. The number of carbonyl (C=O) groups is 1. The van der Waals surface area contributed by atoms with Gasteiger partial charge in [0.25, 0.3) is 0 Å². The Morgan fingerprint density at radius 1 is 1.42 bits per heavy atom. The summed E-state index contributed by atoms with van der Waals surface area (Å²) in [6.07, 6.45) is 0. The van der Waals surface area contributed by atoms with Gasteiger partial charge < -0.3 is 26.6 Å². The number of aliphatic hydroxyl groups is 2. The number of carbonyl (C=O) groups excluding carboxylic acids is 1. The van der Waals surface area contributed by atoms with Gasteiger partial charge in [-0.2, -0.15) is 0 Å². The number of benzene rings is 1. The van der Waals surface area contributed by atoms with Crippen LogP contribution in [0, 0.1) is 0 Å². The van der Waals surface area contributed by atoms with Crippen LogP contribution in [0.2, 0.25) is 0 Å². The highest BCUT2D eigenvalue weighted by atomic mass is 16.3. The Bertz CT molecular complexity index is 418. The molecule has 0 heterocycles. The quantitative estimate of drug-likeness (QED) is 0.519. The number of aliphatic hydroxyl groups excluding tert-OH is 1. The van der Waals surface area contributed by atoms with Gasteiger partial charge in [0.15, 0.2) is 0 Å². The van der Waals surface area contributed by atoms with E-state index in [2.05, 4.69) is 10.6 Å². The second-order valence-corrected chi connectivity index (χ2v) is 4.87. The molecular formula is C13H21N3O3. The van der Waals surface area contributed by atoms with Crippen molar-refractivity contribution < 1.29 is 15.0 Å². The minimum absolute atomic E-state index is 0.0145. The van der Waals surface area contributed by atoms with Crippen molar-refractivity contribution in [1.29, 1.82) is 0 Å². The molecule has 1 aromatic carbocycles. The summed E-state index contributed by atoms with van der Waals surface area (Å²) in [5.41, 5.74) is 5.52. The molecule has 2 atom stereocenters. The Labute approximate surface area is 112 Å². The molecule has 19 heavy (non-hydrogen) atoms. The first-order valence-corrected chi connectivity index (χ1v) is 6.07. The topological polar surface area (TPSA) is 108 Å². The lowest BCUT2D eigenvalue weighted by Gasteiger charge is -2.24. The molecule has 2 unspecified atom stereocenters. The van der Waals surface area contributed by atoms with Gasteiger partial charge in [-0.15, -0.1) is 0 Å². The highest BCUT2D eigenvalue weighted by Gasteiger charge is 2.19. The van der Waals surface area contributed by atoms with Crippen LogP contribution < -0.4 is 16.4 Å². The van der Waals surface area contributed by atoms with Gasteiger partial charge in [-0.25, -0.2) is 4.79 Å². The van der Waals surface area contributed by atoms with E-state index >= 15 is 0 Å². The SMILES string of the molecule is CC(NCC(C)(O)CO)c1ccc(NC(N)=O)cc1. The zero-order valence-corrected chi connectivity index (χ0v) is 11.2. The Hall–Kier alpha value is -1.63. The first kappa shape index (κ1) is 15.4. The molecule has 1 aromatic rings. The number of primary amides is 1. The molecule has 0 radical (unpaired) electrons. The van der Waals surface area contributed by atoms with Crippen LogP contribution in [0.3, 0.4) is 0 Å². The maximum atomic E-state index is 10.7. The van der Waals surface area contributed by atoms with Gasteiger partial charge in [-0.3, -0.25) is 0 Å². The fraction of sp³-hybridized carbons (Fsp3) is 0.462. The van der Waals surface area contributed by atoms with E-state index in [0.717, 1.165) is 5.56 Å². The van der Waals surface area contributed by atoms with Crippen molar-refractivity contribution in [3.05, 3.63) is 29.8 Å². The van der Waals surface area contributed by atoms with Crippen molar-refractivity contribution in [2.75, 3.05) is 18.5 Å². The predicted molar refractivity (Wildman–Crippen MR) is 73.8 cm³/mol. The molecule has 2 amide bonds. The molecular weight excluding hydrogens is 246 g/mol. The summed E-state index contributed by atoms with van der Waals surface area (Å²) in [4.78, 5) is 10.7. The Balaban J connectivity index is 2.58. The molecule has 6 heteroatoms. The zero-order valence-electron chi connectivity index (χ0n) is 11.2. The van der Waals surface area contributed by atoms with Crippen LogP contribution in [-0.4, -0.2) is 35.0 Å². The minimum Gasteiger partial charge on any atom is -0.393 e. The largest absolute Gasteiger partial charge is 0.393 e. The Morgan fingerprint density at radius 2 is 2.00 bits per heavy atom. The number of anilines is 1. The summed E-state index contributed by atoms with van der Waals surface area (Å²) < 4.78 is 0. The molecule has 0 aliphatic rings. The maximum absolute atomic E-state index is 10.7. The van der Waals surface area contributed by atoms with Gasteiger partial charge in [0, 0.05) is 18.3 Å². The summed E-state index contributed by atoms with van der Waals surface area (Å²) in [5.74, 6) is 0. The van der Waals surface area contributed by atoms with Gasteiger partial charge in [0.05, 0.1) is 12.2 Å². The van der Waals surface area contributed by atoms with Gasteiger partial charge in [0.2, 0.25) is 0 Å². The number of hydrogen-bond acceptors (Lipinski definition) is 4. The van der Waals surface area contributed by atoms with E-state index in [1.165, 1.54) is 0 Å². The van der Waals surface area contributed by atoms with Gasteiger partial charge in [0.1, 0.15) is 0 Å². The number of nitrogens with two attached hydrogens (primary N) is 1. The second kappa shape index (κ2) is 6.51. The lowest BCUT2D eigenvalue weighted by Crippen LogP contribution is -2.41. The van der Waals surface area contributed by atoms with E-state index in [0.29, 0.717) is 5.69 Å². The van der Waals surface area contributed by atoms with Crippen LogP contribution in [0.1, 0.15) is 25.5 Å². The van der Waals surface area contributed by atoms with Gasteiger partial charge in [-0.1, -0.05) is 12.1 Å². The summed E-state index contributed by atoms with van der Waals surface area (Å²) in [7, 11) is 0. The maximum Gasteiger partial charge on any atom is 0.316 e. The molecule has 1 rings (SSSR count). The number of urea groups is 1. The first-order valence-electron chi connectivity index (χ1n) is 6.07. The number of rotatable bonds is 6. The molecule has 6 N–H and O–H groups in total. The molecule has 0 aromatic heterocycles. The lowest BCUT2D eigenvalue weighted by atomic mass is 10.1. The van der Waals surface area contributed by atoms with Crippen molar-refractivity contribution in [3.63, 3.8) is 0 Å². The molecule has 0 spiro atoms. The van der Waals surface area contributed by atoms with E-state index in [1.54, 1.807) is 19.1 Å². The van der Waals surface area contributed by atoms with Crippen molar-refractivity contribution >= 4 is 11.7 Å². The average molecular weight is 267 g/mol. The average Bonchev–Trinajstić information content (AvgIpc) is 2.36. The molecule has 106 valence electrons. The third-order valence-corrected chi connectivity index (χ3v) is 2.81. The fourth-order valence-electron chi connectivity index (χ4n) is 1.54. The fourth-order valence-corrected chi connectivity index (χ4v) is 1.54. The molecule has 0 saturated carbocycles. The molecule has 0 aliphatic heterocycles. The molecule has 0 fully saturated rings. The van der Waals surface area contributed by atoms with Crippen molar-refractivity contribution in [2.45, 2.75) is 25.5 Å². The van der Waals surface area contributed by atoms with Crippen LogP contribution in [0.25, 0.3) is 0 Å². The number of hydrogen-bond donors (Lipinski definition) is 5. The van der Waals surface area contributed by atoms with E-state index in [-0.39, 0.29) is 19.2 Å².